The summed E-state index contributed by atoms with van der Waals surface area (Å²) in [5.41, 5.74) is 1.45. The van der Waals surface area contributed by atoms with Gasteiger partial charge in [-0.05, 0) is 35.9 Å². The monoisotopic (exact) mass is 480 g/mol. The van der Waals surface area contributed by atoms with Crippen LogP contribution in [0.3, 0.4) is 0 Å². The molecule has 0 radical (unpaired) electrons. The lowest BCUT2D eigenvalue weighted by molar-refractivity contribution is -0.122. The number of carbonyl (C=O) groups excluding carboxylic acids is 2. The summed E-state index contributed by atoms with van der Waals surface area (Å²) in [6.45, 7) is 0.227. The molecule has 1 aliphatic heterocycles. The SMILES string of the molecule is O=C(CCN1C(=O)/C(=C\c2ccccc2Cl)SC1=S)Nc1cccc(Br)c1. The van der Waals surface area contributed by atoms with Crippen LogP contribution in [-0.2, 0) is 9.59 Å². The van der Waals surface area contributed by atoms with Crippen LogP contribution in [0.4, 0.5) is 5.69 Å². The Hall–Kier alpha value is -1.67. The zero-order valence-electron chi connectivity index (χ0n) is 13.9. The fourth-order valence-corrected chi connectivity index (χ4v) is 4.32. The summed E-state index contributed by atoms with van der Waals surface area (Å²) < 4.78 is 1.32. The van der Waals surface area contributed by atoms with Crippen LogP contribution >= 0.6 is 51.5 Å². The molecule has 1 fully saturated rings. The van der Waals surface area contributed by atoms with Crippen molar-refractivity contribution in [3.05, 3.63) is 68.5 Å². The van der Waals surface area contributed by atoms with E-state index in [0.29, 0.717) is 19.9 Å². The molecular formula is C19H14BrClN2O2S2. The Balaban J connectivity index is 1.62. The topological polar surface area (TPSA) is 49.4 Å². The second-order valence-corrected chi connectivity index (χ2v) is 8.66. The molecule has 1 N–H and O–H groups in total. The van der Waals surface area contributed by atoms with Crippen molar-refractivity contribution in [1.29, 1.82) is 0 Å². The van der Waals surface area contributed by atoms with Crippen LogP contribution in [0.25, 0.3) is 6.08 Å². The van der Waals surface area contributed by atoms with Gasteiger partial charge in [0.15, 0.2) is 0 Å². The van der Waals surface area contributed by atoms with Crippen molar-refractivity contribution in [3.63, 3.8) is 0 Å². The molecule has 2 aromatic carbocycles. The zero-order valence-corrected chi connectivity index (χ0v) is 17.9. The van der Waals surface area contributed by atoms with Gasteiger partial charge in [0.1, 0.15) is 4.32 Å². The summed E-state index contributed by atoms with van der Waals surface area (Å²) in [5.74, 6) is -0.391. The summed E-state index contributed by atoms with van der Waals surface area (Å²) in [4.78, 5) is 26.7. The maximum atomic E-state index is 12.6. The third-order valence-corrected chi connectivity index (χ3v) is 5.95. The number of carbonyl (C=O) groups is 2. The van der Waals surface area contributed by atoms with Gasteiger partial charge in [-0.25, -0.2) is 0 Å². The molecule has 0 bridgehead atoms. The van der Waals surface area contributed by atoms with Gasteiger partial charge < -0.3 is 5.32 Å². The Kier molecular flexibility index (Phi) is 6.70. The summed E-state index contributed by atoms with van der Waals surface area (Å²) >= 11 is 16.0. The molecule has 0 saturated carbocycles. The molecule has 1 heterocycles. The first kappa shape index (κ1) is 20.1. The predicted molar refractivity (Wildman–Crippen MR) is 119 cm³/mol. The average Bonchev–Trinajstić information content (AvgIpc) is 2.88. The lowest BCUT2D eigenvalue weighted by atomic mass is 10.2. The molecule has 0 aromatic heterocycles. The number of thioether (sulfide) groups is 1. The standard InChI is InChI=1S/C19H14BrClN2O2S2/c20-13-5-3-6-14(11-13)22-17(24)8-9-23-18(25)16(27-19(23)26)10-12-4-1-2-7-15(12)21/h1-7,10-11H,8-9H2,(H,22,24)/b16-10+. The lowest BCUT2D eigenvalue weighted by Gasteiger charge is -2.14. The molecule has 1 aliphatic rings. The summed E-state index contributed by atoms with van der Waals surface area (Å²) in [5, 5.41) is 3.37. The van der Waals surface area contributed by atoms with Crippen molar-refractivity contribution >= 4 is 79.4 Å². The van der Waals surface area contributed by atoms with Crippen LogP contribution in [0.2, 0.25) is 5.02 Å². The molecule has 4 nitrogen and oxygen atoms in total. The second-order valence-electron chi connectivity index (χ2n) is 5.66. The van der Waals surface area contributed by atoms with E-state index >= 15 is 0 Å². The number of benzene rings is 2. The number of halogens is 2. The van der Waals surface area contributed by atoms with Gasteiger partial charge in [-0.15, -0.1) is 0 Å². The summed E-state index contributed by atoms with van der Waals surface area (Å²) in [7, 11) is 0. The van der Waals surface area contributed by atoms with E-state index in [1.807, 2.05) is 36.4 Å². The highest BCUT2D eigenvalue weighted by atomic mass is 79.9. The van der Waals surface area contributed by atoms with E-state index in [-0.39, 0.29) is 24.8 Å². The quantitative estimate of drug-likeness (QED) is 0.463. The Labute approximate surface area is 180 Å². The molecule has 0 spiro atoms. The van der Waals surface area contributed by atoms with Crippen molar-refractivity contribution in [2.24, 2.45) is 0 Å². The van der Waals surface area contributed by atoms with E-state index in [1.54, 1.807) is 18.2 Å². The maximum Gasteiger partial charge on any atom is 0.266 e. The molecule has 2 aromatic rings. The van der Waals surface area contributed by atoms with Gasteiger partial charge in [-0.1, -0.05) is 75.8 Å². The Morgan fingerprint density at radius 1 is 1.26 bits per heavy atom. The van der Waals surface area contributed by atoms with E-state index in [0.717, 1.165) is 10.0 Å². The smallest absolute Gasteiger partial charge is 0.266 e. The molecule has 8 heteroatoms. The number of nitrogens with zero attached hydrogens (tertiary/aromatic N) is 1. The Bertz CT molecular complexity index is 949. The van der Waals surface area contributed by atoms with Crippen LogP contribution in [0.15, 0.2) is 57.9 Å². The highest BCUT2D eigenvalue weighted by molar-refractivity contribution is 9.10. The van der Waals surface area contributed by atoms with Gasteiger partial charge in [0.2, 0.25) is 5.91 Å². The van der Waals surface area contributed by atoms with Gasteiger partial charge in [0.25, 0.3) is 5.91 Å². The first-order valence-corrected chi connectivity index (χ1v) is 10.4. The van der Waals surface area contributed by atoms with Gasteiger partial charge in [0.05, 0.1) is 4.91 Å². The third kappa shape index (κ3) is 5.19. The lowest BCUT2D eigenvalue weighted by Crippen LogP contribution is -2.31. The number of thiocarbonyl (C=S) groups is 1. The fraction of sp³-hybridized carbons (Fsp3) is 0.105. The van der Waals surface area contributed by atoms with Crippen molar-refractivity contribution in [3.8, 4) is 0 Å². The number of amides is 2. The van der Waals surface area contributed by atoms with Crippen LogP contribution in [-0.4, -0.2) is 27.6 Å². The third-order valence-electron chi connectivity index (χ3n) is 3.74. The van der Waals surface area contributed by atoms with Crippen molar-refractivity contribution < 1.29 is 9.59 Å². The molecule has 3 rings (SSSR count). The molecule has 0 aliphatic carbocycles. The predicted octanol–water partition coefficient (Wildman–Crippen LogP) is 5.33. The molecule has 0 unspecified atom stereocenters. The first-order chi connectivity index (χ1) is 12.9. The molecule has 1 saturated heterocycles. The highest BCUT2D eigenvalue weighted by Crippen LogP contribution is 2.33. The van der Waals surface area contributed by atoms with Gasteiger partial charge in [0, 0.05) is 28.1 Å². The Morgan fingerprint density at radius 2 is 2.04 bits per heavy atom. The van der Waals surface area contributed by atoms with Crippen molar-refractivity contribution in [1.82, 2.24) is 4.90 Å². The van der Waals surface area contributed by atoms with Gasteiger partial charge >= 0.3 is 0 Å². The van der Waals surface area contributed by atoms with E-state index in [2.05, 4.69) is 21.2 Å². The molecule has 138 valence electrons. The Morgan fingerprint density at radius 3 is 2.78 bits per heavy atom. The van der Waals surface area contributed by atoms with Crippen molar-refractivity contribution in [2.75, 3.05) is 11.9 Å². The number of nitrogens with one attached hydrogen (secondary N) is 1. The van der Waals surface area contributed by atoms with Crippen LogP contribution in [0.5, 0.6) is 0 Å². The van der Waals surface area contributed by atoms with Crippen LogP contribution in [0, 0.1) is 0 Å². The first-order valence-electron chi connectivity index (χ1n) is 7.99. The summed E-state index contributed by atoms with van der Waals surface area (Å²) in [6.07, 6.45) is 1.88. The van der Waals surface area contributed by atoms with E-state index < -0.39 is 0 Å². The van der Waals surface area contributed by atoms with Gasteiger partial charge in [-0.2, -0.15) is 0 Å². The largest absolute Gasteiger partial charge is 0.326 e. The molecule has 2 amide bonds. The number of hydrogen-bond donors (Lipinski definition) is 1. The number of rotatable bonds is 5. The maximum absolute atomic E-state index is 12.6. The van der Waals surface area contributed by atoms with Crippen molar-refractivity contribution in [2.45, 2.75) is 6.42 Å². The van der Waals surface area contributed by atoms with E-state index in [1.165, 1.54) is 16.7 Å². The minimum atomic E-state index is -0.208. The van der Waals surface area contributed by atoms with E-state index in [9.17, 15) is 9.59 Å². The zero-order chi connectivity index (χ0) is 19.4. The van der Waals surface area contributed by atoms with Crippen LogP contribution in [0.1, 0.15) is 12.0 Å². The van der Waals surface area contributed by atoms with Gasteiger partial charge in [-0.3, -0.25) is 14.5 Å². The molecule has 0 atom stereocenters. The summed E-state index contributed by atoms with van der Waals surface area (Å²) in [6, 6.07) is 14.6. The second kappa shape index (κ2) is 9.01. The average molecular weight is 482 g/mol. The number of hydrogen-bond acceptors (Lipinski definition) is 4. The minimum Gasteiger partial charge on any atom is -0.326 e. The molecular weight excluding hydrogens is 468 g/mol. The van der Waals surface area contributed by atoms with Crippen LogP contribution < -0.4 is 5.32 Å². The minimum absolute atomic E-state index is 0.151. The molecule has 27 heavy (non-hydrogen) atoms. The fourth-order valence-electron chi connectivity index (χ4n) is 2.43. The highest BCUT2D eigenvalue weighted by Gasteiger charge is 2.32. The number of anilines is 1. The van der Waals surface area contributed by atoms with E-state index in [4.69, 9.17) is 23.8 Å². The normalized spacial score (nSPS) is 15.5.